The van der Waals surface area contributed by atoms with E-state index < -0.39 is 0 Å². The number of aromatic nitrogens is 2. The maximum absolute atomic E-state index is 12.5. The molecule has 0 fully saturated rings. The molecule has 0 saturated carbocycles. The van der Waals surface area contributed by atoms with Crippen LogP contribution in [0.2, 0.25) is 5.02 Å². The number of aromatic amines is 1. The lowest BCUT2D eigenvalue weighted by molar-refractivity contribution is 1.05. The molecule has 2 heterocycles. The van der Waals surface area contributed by atoms with Gasteiger partial charge in [-0.05, 0) is 17.7 Å². The van der Waals surface area contributed by atoms with Crippen LogP contribution >= 0.6 is 34.7 Å². The number of halogens is 1. The van der Waals surface area contributed by atoms with Gasteiger partial charge in [0, 0.05) is 30.1 Å². The monoisotopic (exact) mass is 378 g/mol. The average Bonchev–Trinajstić information content (AvgIpc) is 3.01. The molecule has 3 aromatic rings. The van der Waals surface area contributed by atoms with Gasteiger partial charge in [-0.2, -0.15) is 0 Å². The molecule has 0 spiro atoms. The first-order valence-electron chi connectivity index (χ1n) is 7.16. The highest BCUT2D eigenvalue weighted by molar-refractivity contribution is 8.13. The molecule has 2 N–H and O–H groups in total. The minimum Gasteiger partial charge on any atom is -0.368 e. The Kier molecular flexibility index (Phi) is 5.23. The fourth-order valence-electron chi connectivity index (χ4n) is 2.29. The van der Waals surface area contributed by atoms with E-state index in [9.17, 15) is 4.79 Å². The number of thioether (sulfide) groups is 1. The first kappa shape index (κ1) is 17.0. The van der Waals surface area contributed by atoms with Crippen molar-refractivity contribution in [2.24, 2.45) is 4.99 Å². The molecular weight excluding hydrogens is 364 g/mol. The third-order valence-corrected chi connectivity index (χ3v) is 5.61. The summed E-state index contributed by atoms with van der Waals surface area (Å²) in [5, 5.41) is 7.03. The summed E-state index contributed by atoms with van der Waals surface area (Å²) in [6, 6.07) is 7.45. The number of rotatable bonds is 3. The third kappa shape index (κ3) is 3.48. The van der Waals surface area contributed by atoms with E-state index in [0.717, 1.165) is 21.1 Å². The van der Waals surface area contributed by atoms with Gasteiger partial charge in [0.15, 0.2) is 5.17 Å². The van der Waals surface area contributed by atoms with Crippen molar-refractivity contribution in [3.8, 4) is 11.1 Å². The molecule has 0 atom stereocenters. The van der Waals surface area contributed by atoms with Crippen molar-refractivity contribution < 1.29 is 0 Å². The Morgan fingerprint density at radius 2 is 2.17 bits per heavy atom. The highest BCUT2D eigenvalue weighted by Gasteiger charge is 2.13. The number of thiophene rings is 1. The summed E-state index contributed by atoms with van der Waals surface area (Å²) in [6.07, 6.45) is 0. The van der Waals surface area contributed by atoms with Crippen molar-refractivity contribution in [3.63, 3.8) is 0 Å². The van der Waals surface area contributed by atoms with Crippen LogP contribution in [0.25, 0.3) is 21.3 Å². The van der Waals surface area contributed by atoms with Gasteiger partial charge in [0.25, 0.3) is 5.56 Å². The molecule has 0 amide bonds. The topological polar surface area (TPSA) is 70.1 Å². The van der Waals surface area contributed by atoms with Gasteiger partial charge >= 0.3 is 0 Å². The molecule has 0 aliphatic carbocycles. The minimum atomic E-state index is -0.124. The zero-order chi connectivity index (χ0) is 17.1. The van der Waals surface area contributed by atoms with Crippen LogP contribution in [0.1, 0.15) is 5.82 Å². The van der Waals surface area contributed by atoms with Crippen molar-refractivity contribution in [1.29, 1.82) is 0 Å². The Morgan fingerprint density at radius 1 is 1.42 bits per heavy atom. The Morgan fingerprint density at radius 3 is 2.83 bits per heavy atom. The number of hydrogen-bond acceptors (Lipinski definition) is 5. The largest absolute Gasteiger partial charge is 0.368 e. The van der Waals surface area contributed by atoms with Gasteiger partial charge in [-0.15, -0.1) is 11.3 Å². The van der Waals surface area contributed by atoms with Crippen LogP contribution in [0.4, 0.5) is 0 Å². The van der Waals surface area contributed by atoms with Gasteiger partial charge in [0.1, 0.15) is 10.7 Å². The molecule has 0 bridgehead atoms. The summed E-state index contributed by atoms with van der Waals surface area (Å²) in [6.45, 7) is 0. The molecular formula is C16H15ClN4OS2. The lowest BCUT2D eigenvalue weighted by Gasteiger charge is -2.04. The second-order valence-electron chi connectivity index (χ2n) is 4.92. The lowest BCUT2D eigenvalue weighted by Crippen LogP contribution is -2.16. The molecule has 2 aromatic heterocycles. The van der Waals surface area contributed by atoms with Crippen molar-refractivity contribution in [2.75, 3.05) is 14.1 Å². The minimum absolute atomic E-state index is 0.124. The molecule has 8 heteroatoms. The van der Waals surface area contributed by atoms with Crippen LogP contribution in [0.15, 0.2) is 39.4 Å². The Labute approximate surface area is 152 Å². The molecule has 124 valence electrons. The van der Waals surface area contributed by atoms with E-state index in [1.807, 2.05) is 36.7 Å². The zero-order valence-corrected chi connectivity index (χ0v) is 15.5. The summed E-state index contributed by atoms with van der Waals surface area (Å²) in [7, 11) is 3.53. The SMILES string of the molecule is CN=C(NC)SCc1nc2scc(-c3ccc(Cl)cc3)c2c(=O)[nH]1. The highest BCUT2D eigenvalue weighted by Crippen LogP contribution is 2.31. The Bertz CT molecular complexity index is 947. The standard InChI is InChI=1S/C16H15ClN4OS2/c1-18-16(19-2)24-8-12-20-14(22)13-11(7-23-15(13)21-12)9-3-5-10(17)6-4-9/h3-7H,8H2,1-2H3,(H,18,19)(H,20,21,22). The molecule has 3 rings (SSSR count). The predicted molar refractivity (Wildman–Crippen MR) is 104 cm³/mol. The average molecular weight is 379 g/mol. The number of amidine groups is 1. The van der Waals surface area contributed by atoms with Gasteiger partial charge in [-0.25, -0.2) is 4.98 Å². The zero-order valence-electron chi connectivity index (χ0n) is 13.1. The number of H-pyrrole nitrogens is 1. The quantitative estimate of drug-likeness (QED) is 0.538. The predicted octanol–water partition coefficient (Wildman–Crippen LogP) is 3.74. The van der Waals surface area contributed by atoms with Crippen LogP contribution in [0.5, 0.6) is 0 Å². The van der Waals surface area contributed by atoms with E-state index in [-0.39, 0.29) is 5.56 Å². The number of aliphatic imine (C=N–C) groups is 1. The van der Waals surface area contributed by atoms with Crippen molar-refractivity contribution in [1.82, 2.24) is 15.3 Å². The second-order valence-corrected chi connectivity index (χ2v) is 7.18. The first-order valence-corrected chi connectivity index (χ1v) is 9.40. The van der Waals surface area contributed by atoms with E-state index in [2.05, 4.69) is 20.3 Å². The summed E-state index contributed by atoms with van der Waals surface area (Å²) < 4.78 is 0. The van der Waals surface area contributed by atoms with E-state index in [1.165, 1.54) is 23.1 Å². The number of nitrogens with zero attached hydrogens (tertiary/aromatic N) is 2. The fourth-order valence-corrected chi connectivity index (χ4v) is 4.07. The van der Waals surface area contributed by atoms with Crippen molar-refractivity contribution in [3.05, 3.63) is 50.8 Å². The Hall–Kier alpha value is -1.83. The number of fused-ring (bicyclic) bond motifs is 1. The smallest absolute Gasteiger partial charge is 0.260 e. The Balaban J connectivity index is 1.97. The van der Waals surface area contributed by atoms with E-state index in [0.29, 0.717) is 22.0 Å². The summed E-state index contributed by atoms with van der Waals surface area (Å²) in [4.78, 5) is 24.8. The molecule has 0 saturated heterocycles. The normalized spacial score (nSPS) is 11.9. The van der Waals surface area contributed by atoms with Crippen LogP contribution in [0, 0.1) is 0 Å². The third-order valence-electron chi connectivity index (χ3n) is 3.41. The maximum atomic E-state index is 12.5. The summed E-state index contributed by atoms with van der Waals surface area (Å²) in [5.41, 5.74) is 1.71. The van der Waals surface area contributed by atoms with Gasteiger partial charge in [0.2, 0.25) is 0 Å². The lowest BCUT2D eigenvalue weighted by atomic mass is 10.1. The number of nitrogens with one attached hydrogen (secondary N) is 2. The molecule has 1 aromatic carbocycles. The van der Waals surface area contributed by atoms with Crippen molar-refractivity contribution in [2.45, 2.75) is 5.75 Å². The summed E-state index contributed by atoms with van der Waals surface area (Å²) >= 11 is 8.89. The number of hydrogen-bond donors (Lipinski definition) is 2. The maximum Gasteiger partial charge on any atom is 0.260 e. The fraction of sp³-hybridized carbons (Fsp3) is 0.188. The first-order chi connectivity index (χ1) is 11.6. The van der Waals surface area contributed by atoms with Gasteiger partial charge in [-0.3, -0.25) is 9.79 Å². The molecule has 5 nitrogen and oxygen atoms in total. The van der Waals surface area contributed by atoms with Gasteiger partial charge < -0.3 is 10.3 Å². The van der Waals surface area contributed by atoms with Gasteiger partial charge in [0.05, 0.1) is 11.1 Å². The molecule has 24 heavy (non-hydrogen) atoms. The van der Waals surface area contributed by atoms with Gasteiger partial charge in [-0.1, -0.05) is 35.5 Å². The molecule has 0 radical (unpaired) electrons. The molecule has 0 aliphatic heterocycles. The van der Waals surface area contributed by atoms with E-state index >= 15 is 0 Å². The second kappa shape index (κ2) is 7.38. The van der Waals surface area contributed by atoms with Crippen LogP contribution in [-0.4, -0.2) is 29.2 Å². The van der Waals surface area contributed by atoms with E-state index in [4.69, 9.17) is 11.6 Å². The summed E-state index contributed by atoms with van der Waals surface area (Å²) in [5.74, 6) is 1.19. The highest BCUT2D eigenvalue weighted by atomic mass is 35.5. The van der Waals surface area contributed by atoms with E-state index in [1.54, 1.807) is 7.05 Å². The van der Waals surface area contributed by atoms with Crippen LogP contribution in [0.3, 0.4) is 0 Å². The molecule has 0 unspecified atom stereocenters. The molecule has 0 aliphatic rings. The van der Waals surface area contributed by atoms with Crippen LogP contribution < -0.4 is 10.9 Å². The number of benzene rings is 1. The van der Waals surface area contributed by atoms with Crippen LogP contribution in [-0.2, 0) is 5.75 Å². The van der Waals surface area contributed by atoms with Crippen molar-refractivity contribution >= 4 is 50.1 Å².